The van der Waals surface area contributed by atoms with Crippen molar-refractivity contribution in [3.8, 4) is 11.8 Å². The number of nitrogens with zero attached hydrogens (tertiary/aromatic N) is 1. The lowest BCUT2D eigenvalue weighted by molar-refractivity contribution is -0.0922. The Morgan fingerprint density at radius 3 is 2.50 bits per heavy atom. The predicted molar refractivity (Wildman–Crippen MR) is 73.8 cm³/mol. The summed E-state index contributed by atoms with van der Waals surface area (Å²) in [6.07, 6.45) is 0.740. The fourth-order valence-corrected chi connectivity index (χ4v) is 3.11. The van der Waals surface area contributed by atoms with Crippen LogP contribution in [0.15, 0.2) is 0 Å². The number of hydrogen-bond donors (Lipinski definition) is 2. The summed E-state index contributed by atoms with van der Waals surface area (Å²) in [6, 6.07) is -0.216. The first-order valence-corrected chi connectivity index (χ1v) is 9.31. The zero-order chi connectivity index (χ0) is 14.0. The van der Waals surface area contributed by atoms with Gasteiger partial charge in [0.2, 0.25) is 0 Å². The Balaban J connectivity index is 2.62. The van der Waals surface area contributed by atoms with Crippen molar-refractivity contribution in [2.24, 2.45) is 0 Å². The molecule has 1 aliphatic heterocycles. The van der Waals surface area contributed by atoms with Gasteiger partial charge in [-0.15, -0.1) is 0 Å². The van der Waals surface area contributed by atoms with Crippen LogP contribution in [-0.4, -0.2) is 49.0 Å². The third kappa shape index (κ3) is 3.80. The average Bonchev–Trinajstić information content (AvgIpc) is 2.53. The normalized spacial score (nSPS) is 25.9. The minimum absolute atomic E-state index is 0.0360. The van der Waals surface area contributed by atoms with E-state index in [0.29, 0.717) is 13.0 Å². The van der Waals surface area contributed by atoms with Crippen molar-refractivity contribution >= 4 is 8.32 Å². The van der Waals surface area contributed by atoms with E-state index in [0.717, 1.165) is 0 Å². The van der Waals surface area contributed by atoms with Gasteiger partial charge in [-0.25, -0.2) is 0 Å². The molecule has 1 aliphatic rings. The summed E-state index contributed by atoms with van der Waals surface area (Å²) < 4.78 is 6.25. The van der Waals surface area contributed by atoms with E-state index < -0.39 is 8.32 Å². The number of hydrogen-bond acceptors (Lipinski definition) is 4. The SMILES string of the molecule is CC(C)(C)[Si](C)(C)O[C@@H]1C[C@@H](C#CCO)N(O)C1. The van der Waals surface area contributed by atoms with Crippen molar-refractivity contribution in [3.63, 3.8) is 0 Å². The smallest absolute Gasteiger partial charge is 0.192 e. The minimum Gasteiger partial charge on any atom is -0.412 e. The Hall–Kier alpha value is -0.383. The fourth-order valence-electron chi connectivity index (χ4n) is 1.76. The van der Waals surface area contributed by atoms with Crippen molar-refractivity contribution in [1.29, 1.82) is 0 Å². The Kier molecular flexibility index (Phi) is 4.98. The van der Waals surface area contributed by atoms with Crippen molar-refractivity contribution in [3.05, 3.63) is 0 Å². The highest BCUT2D eigenvalue weighted by molar-refractivity contribution is 6.74. The zero-order valence-electron chi connectivity index (χ0n) is 12.0. The summed E-state index contributed by atoms with van der Waals surface area (Å²) in [7, 11) is -1.80. The quantitative estimate of drug-likeness (QED) is 0.594. The molecule has 18 heavy (non-hydrogen) atoms. The Labute approximate surface area is 111 Å². The zero-order valence-corrected chi connectivity index (χ0v) is 13.0. The largest absolute Gasteiger partial charge is 0.412 e. The average molecular weight is 271 g/mol. The second-order valence-corrected chi connectivity index (χ2v) is 11.1. The molecule has 0 amide bonds. The second-order valence-electron chi connectivity index (χ2n) is 6.35. The first-order valence-electron chi connectivity index (χ1n) is 6.40. The number of rotatable bonds is 2. The van der Waals surface area contributed by atoms with E-state index in [2.05, 4.69) is 45.7 Å². The maximum atomic E-state index is 9.77. The van der Waals surface area contributed by atoms with Gasteiger partial charge in [0.25, 0.3) is 0 Å². The first-order chi connectivity index (χ1) is 8.17. The third-order valence-corrected chi connectivity index (χ3v) is 8.39. The molecular weight excluding hydrogens is 246 g/mol. The van der Waals surface area contributed by atoms with Gasteiger partial charge in [0.1, 0.15) is 6.61 Å². The maximum absolute atomic E-state index is 9.77. The van der Waals surface area contributed by atoms with Gasteiger partial charge in [0.05, 0.1) is 18.7 Å². The van der Waals surface area contributed by atoms with Crippen molar-refractivity contribution in [1.82, 2.24) is 5.06 Å². The Morgan fingerprint density at radius 1 is 1.39 bits per heavy atom. The summed E-state index contributed by atoms with van der Waals surface area (Å²) in [5.74, 6) is 5.44. The van der Waals surface area contributed by atoms with Crippen LogP contribution in [0.4, 0.5) is 0 Å². The molecule has 0 aromatic heterocycles. The lowest BCUT2D eigenvalue weighted by Gasteiger charge is -2.38. The molecule has 4 nitrogen and oxygen atoms in total. The van der Waals surface area contributed by atoms with Gasteiger partial charge < -0.3 is 14.7 Å². The second kappa shape index (κ2) is 5.72. The molecule has 0 bridgehead atoms. The van der Waals surface area contributed by atoms with E-state index in [1.54, 1.807) is 0 Å². The van der Waals surface area contributed by atoms with Crippen LogP contribution in [0, 0.1) is 11.8 Å². The number of aliphatic hydroxyl groups is 1. The molecular formula is C13H25NO3Si. The molecule has 1 saturated heterocycles. The maximum Gasteiger partial charge on any atom is 0.192 e. The monoisotopic (exact) mass is 271 g/mol. The van der Waals surface area contributed by atoms with Crippen LogP contribution in [0.3, 0.4) is 0 Å². The lowest BCUT2D eigenvalue weighted by atomic mass is 10.2. The van der Waals surface area contributed by atoms with Crippen LogP contribution in [0.2, 0.25) is 18.1 Å². The summed E-state index contributed by atoms with van der Waals surface area (Å²) in [5.41, 5.74) is 0. The van der Waals surface area contributed by atoms with Crippen LogP contribution in [0.5, 0.6) is 0 Å². The van der Waals surface area contributed by atoms with E-state index in [9.17, 15) is 5.21 Å². The van der Waals surface area contributed by atoms with E-state index >= 15 is 0 Å². The van der Waals surface area contributed by atoms with Gasteiger partial charge in [-0.3, -0.25) is 0 Å². The van der Waals surface area contributed by atoms with Gasteiger partial charge >= 0.3 is 0 Å². The van der Waals surface area contributed by atoms with Crippen molar-refractivity contribution in [2.45, 2.75) is 57.5 Å². The highest BCUT2D eigenvalue weighted by atomic mass is 28.4. The molecule has 0 radical (unpaired) electrons. The topological polar surface area (TPSA) is 52.9 Å². The van der Waals surface area contributed by atoms with E-state index in [1.165, 1.54) is 5.06 Å². The third-order valence-electron chi connectivity index (χ3n) is 3.85. The van der Waals surface area contributed by atoms with Crippen LogP contribution >= 0.6 is 0 Å². The minimum atomic E-state index is -1.80. The summed E-state index contributed by atoms with van der Waals surface area (Å²) in [4.78, 5) is 0. The number of hydroxylamine groups is 2. The van der Waals surface area contributed by atoms with Gasteiger partial charge in [-0.1, -0.05) is 32.6 Å². The van der Waals surface area contributed by atoms with E-state index in [1.807, 2.05) is 0 Å². The Morgan fingerprint density at radius 2 is 2.00 bits per heavy atom. The molecule has 0 spiro atoms. The van der Waals surface area contributed by atoms with Gasteiger partial charge in [0.15, 0.2) is 8.32 Å². The molecule has 5 heteroatoms. The van der Waals surface area contributed by atoms with Crippen molar-refractivity contribution in [2.75, 3.05) is 13.2 Å². The standard InChI is InChI=1S/C13H25NO3Si/c1-13(2,3)18(4,5)17-12-9-11(7-6-8-15)14(16)10-12/h11-12,15-16H,8-10H2,1-5H3/t11-,12-/m1/s1. The highest BCUT2D eigenvalue weighted by Gasteiger charge is 2.42. The molecule has 1 fully saturated rings. The van der Waals surface area contributed by atoms with Crippen LogP contribution in [-0.2, 0) is 4.43 Å². The fraction of sp³-hybridized carbons (Fsp3) is 0.846. The van der Waals surface area contributed by atoms with E-state index in [4.69, 9.17) is 9.53 Å². The van der Waals surface area contributed by atoms with Crippen LogP contribution in [0.25, 0.3) is 0 Å². The first kappa shape index (κ1) is 15.7. The molecule has 0 aromatic rings. The highest BCUT2D eigenvalue weighted by Crippen LogP contribution is 2.38. The molecule has 0 unspecified atom stereocenters. The molecule has 0 aromatic carbocycles. The van der Waals surface area contributed by atoms with Gasteiger partial charge in [-0.05, 0) is 18.1 Å². The summed E-state index contributed by atoms with van der Waals surface area (Å²) >= 11 is 0. The summed E-state index contributed by atoms with van der Waals surface area (Å²) in [6.45, 7) is 11.4. The van der Waals surface area contributed by atoms with E-state index in [-0.39, 0.29) is 23.8 Å². The lowest BCUT2D eigenvalue weighted by Crippen LogP contribution is -2.44. The molecule has 0 saturated carbocycles. The molecule has 1 rings (SSSR count). The van der Waals surface area contributed by atoms with Crippen molar-refractivity contribution < 1.29 is 14.7 Å². The predicted octanol–water partition coefficient (Wildman–Crippen LogP) is 1.84. The van der Waals surface area contributed by atoms with Gasteiger partial charge in [-0.2, -0.15) is 5.06 Å². The van der Waals surface area contributed by atoms with Gasteiger partial charge in [0, 0.05) is 6.42 Å². The number of aliphatic hydroxyl groups excluding tert-OH is 1. The van der Waals surface area contributed by atoms with Crippen LogP contribution in [0.1, 0.15) is 27.2 Å². The molecule has 2 atom stereocenters. The molecule has 2 N–H and O–H groups in total. The molecule has 104 valence electrons. The Bertz CT molecular complexity index is 340. The molecule has 0 aliphatic carbocycles. The summed E-state index contributed by atoms with van der Waals surface area (Å²) in [5, 5.41) is 19.8. The molecule has 1 heterocycles. The van der Waals surface area contributed by atoms with Crippen LogP contribution < -0.4 is 0 Å².